The first-order valence-electron chi connectivity index (χ1n) is 9.28. The second kappa shape index (κ2) is 7.15. The smallest absolute Gasteiger partial charge is 0.323 e. The summed E-state index contributed by atoms with van der Waals surface area (Å²) >= 11 is 0. The molecular formula is C18H29N5O2. The number of aromatic amines is 1. The number of hydrogen-bond acceptors (Lipinski definition) is 4. The van der Waals surface area contributed by atoms with Crippen LogP contribution in [0.15, 0.2) is 6.20 Å². The molecule has 1 saturated carbocycles. The van der Waals surface area contributed by atoms with Crippen molar-refractivity contribution in [2.24, 2.45) is 0 Å². The Morgan fingerprint density at radius 2 is 2.08 bits per heavy atom. The highest BCUT2D eigenvalue weighted by molar-refractivity contribution is 6.06. The molecule has 0 aromatic carbocycles. The van der Waals surface area contributed by atoms with Gasteiger partial charge < -0.3 is 10.2 Å². The third-order valence-electron chi connectivity index (χ3n) is 5.70. The fourth-order valence-corrected chi connectivity index (χ4v) is 4.09. The van der Waals surface area contributed by atoms with Crippen molar-refractivity contribution in [1.29, 1.82) is 0 Å². The highest BCUT2D eigenvalue weighted by Crippen LogP contribution is 2.41. The van der Waals surface area contributed by atoms with Crippen molar-refractivity contribution in [2.75, 3.05) is 20.6 Å². The fourth-order valence-electron chi connectivity index (χ4n) is 4.09. The van der Waals surface area contributed by atoms with Crippen LogP contribution >= 0.6 is 0 Å². The molecule has 1 aromatic rings. The summed E-state index contributed by atoms with van der Waals surface area (Å²) in [6, 6.07) is -0.275. The lowest BCUT2D eigenvalue weighted by Crippen LogP contribution is -2.49. The van der Waals surface area contributed by atoms with Crippen LogP contribution < -0.4 is 5.32 Å². The molecular weight excluding hydrogens is 318 g/mol. The molecule has 1 aliphatic carbocycles. The van der Waals surface area contributed by atoms with E-state index in [0.29, 0.717) is 18.8 Å². The summed E-state index contributed by atoms with van der Waals surface area (Å²) in [7, 11) is 3.70. The topological polar surface area (TPSA) is 81.3 Å². The molecule has 1 spiro atoms. The van der Waals surface area contributed by atoms with Crippen molar-refractivity contribution in [3.05, 3.63) is 17.5 Å². The number of H-pyrrole nitrogens is 1. The fraction of sp³-hybridized carbons (Fsp3) is 0.722. The molecule has 2 aliphatic rings. The predicted molar refractivity (Wildman–Crippen MR) is 95.1 cm³/mol. The maximum Gasteiger partial charge on any atom is 0.324 e. The molecule has 3 rings (SSSR count). The van der Waals surface area contributed by atoms with Gasteiger partial charge in [-0.2, -0.15) is 5.10 Å². The van der Waals surface area contributed by atoms with Gasteiger partial charge >= 0.3 is 6.03 Å². The van der Waals surface area contributed by atoms with Gasteiger partial charge in [-0.25, -0.2) is 4.79 Å². The number of carbonyl (C=O) groups is 2. The minimum absolute atomic E-state index is 0.0833. The van der Waals surface area contributed by atoms with Gasteiger partial charge in [0, 0.05) is 30.8 Å². The van der Waals surface area contributed by atoms with E-state index in [-0.39, 0.29) is 11.9 Å². The largest absolute Gasteiger partial charge is 0.324 e. The molecule has 3 amide bonds. The number of amides is 3. The number of imide groups is 1. The quantitative estimate of drug-likeness (QED) is 0.773. The van der Waals surface area contributed by atoms with Crippen LogP contribution in [0.25, 0.3) is 0 Å². The molecule has 2 fully saturated rings. The van der Waals surface area contributed by atoms with E-state index in [0.717, 1.165) is 25.9 Å². The first-order valence-corrected chi connectivity index (χ1v) is 9.28. The predicted octanol–water partition coefficient (Wildman–Crippen LogP) is 2.22. The molecule has 0 radical (unpaired) electrons. The molecule has 0 bridgehead atoms. The minimum Gasteiger partial charge on any atom is -0.323 e. The van der Waals surface area contributed by atoms with Crippen LogP contribution in [-0.4, -0.2) is 58.1 Å². The number of rotatable bonds is 6. The standard InChI is InChI=1S/C18H29N5O2/c1-4-5-10-22(2)12-14-11-19-21-15(14)13-6-8-18(9-7-13)16(24)23(3)17(25)20-18/h11,13H,4-10,12H2,1-3H3,(H,19,21)(H,20,25). The van der Waals surface area contributed by atoms with Gasteiger partial charge in [-0.3, -0.25) is 14.8 Å². The van der Waals surface area contributed by atoms with Gasteiger partial charge in [-0.05, 0) is 45.7 Å². The molecule has 2 heterocycles. The molecule has 25 heavy (non-hydrogen) atoms. The Balaban J connectivity index is 1.63. The summed E-state index contributed by atoms with van der Waals surface area (Å²) < 4.78 is 0. The van der Waals surface area contributed by atoms with E-state index in [9.17, 15) is 9.59 Å². The second-order valence-corrected chi connectivity index (χ2v) is 7.55. The number of carbonyl (C=O) groups excluding carboxylic acids is 2. The number of unbranched alkanes of at least 4 members (excludes halogenated alkanes) is 1. The first-order chi connectivity index (χ1) is 12.0. The Morgan fingerprint density at radius 1 is 1.36 bits per heavy atom. The lowest BCUT2D eigenvalue weighted by atomic mass is 9.75. The Kier molecular flexibility index (Phi) is 5.13. The normalized spacial score (nSPS) is 26.7. The van der Waals surface area contributed by atoms with E-state index in [2.05, 4.69) is 34.4 Å². The Labute approximate surface area is 149 Å². The lowest BCUT2D eigenvalue weighted by molar-refractivity contribution is -0.131. The summed E-state index contributed by atoms with van der Waals surface area (Å²) in [5.74, 6) is 0.290. The van der Waals surface area contributed by atoms with E-state index >= 15 is 0 Å². The molecule has 1 aromatic heterocycles. The Bertz CT molecular complexity index is 633. The minimum atomic E-state index is -0.680. The summed E-state index contributed by atoms with van der Waals surface area (Å²) in [6.45, 7) is 4.18. The zero-order valence-electron chi connectivity index (χ0n) is 15.5. The monoisotopic (exact) mass is 347 g/mol. The van der Waals surface area contributed by atoms with Gasteiger partial charge in [-0.15, -0.1) is 0 Å². The molecule has 7 heteroatoms. The number of hydrogen-bond donors (Lipinski definition) is 2. The average molecular weight is 347 g/mol. The summed E-state index contributed by atoms with van der Waals surface area (Å²) in [5, 5.41) is 10.4. The Hall–Kier alpha value is -1.89. The van der Waals surface area contributed by atoms with E-state index < -0.39 is 5.54 Å². The molecule has 0 unspecified atom stereocenters. The first kappa shape index (κ1) is 17.9. The molecule has 2 N–H and O–H groups in total. The molecule has 1 aliphatic heterocycles. The van der Waals surface area contributed by atoms with Crippen molar-refractivity contribution >= 4 is 11.9 Å². The van der Waals surface area contributed by atoms with E-state index in [1.54, 1.807) is 7.05 Å². The van der Waals surface area contributed by atoms with Gasteiger partial charge in [0.1, 0.15) is 5.54 Å². The van der Waals surface area contributed by atoms with Crippen molar-refractivity contribution in [3.63, 3.8) is 0 Å². The lowest BCUT2D eigenvalue weighted by Gasteiger charge is -2.35. The number of nitrogens with zero attached hydrogens (tertiary/aromatic N) is 3. The average Bonchev–Trinajstić information content (AvgIpc) is 3.14. The third kappa shape index (κ3) is 3.42. The second-order valence-electron chi connectivity index (χ2n) is 7.55. The Morgan fingerprint density at radius 3 is 2.68 bits per heavy atom. The van der Waals surface area contributed by atoms with Gasteiger partial charge in [0.2, 0.25) is 0 Å². The zero-order valence-corrected chi connectivity index (χ0v) is 15.5. The van der Waals surface area contributed by atoms with Crippen LogP contribution in [0.5, 0.6) is 0 Å². The van der Waals surface area contributed by atoms with Crippen LogP contribution in [-0.2, 0) is 11.3 Å². The van der Waals surface area contributed by atoms with Crippen molar-refractivity contribution < 1.29 is 9.59 Å². The van der Waals surface area contributed by atoms with Gasteiger partial charge in [0.05, 0.1) is 6.20 Å². The third-order valence-corrected chi connectivity index (χ3v) is 5.70. The maximum atomic E-state index is 12.4. The molecule has 138 valence electrons. The molecule has 0 atom stereocenters. The summed E-state index contributed by atoms with van der Waals surface area (Å²) in [4.78, 5) is 27.8. The van der Waals surface area contributed by atoms with Gasteiger partial charge in [0.25, 0.3) is 5.91 Å². The highest BCUT2D eigenvalue weighted by atomic mass is 16.2. The number of urea groups is 1. The van der Waals surface area contributed by atoms with Crippen molar-refractivity contribution in [2.45, 2.75) is 63.5 Å². The van der Waals surface area contributed by atoms with Crippen LogP contribution in [0.4, 0.5) is 4.79 Å². The molecule has 1 saturated heterocycles. The van der Waals surface area contributed by atoms with E-state index in [1.165, 1.54) is 29.0 Å². The molecule has 7 nitrogen and oxygen atoms in total. The van der Waals surface area contributed by atoms with Crippen LogP contribution in [0, 0.1) is 0 Å². The highest BCUT2D eigenvalue weighted by Gasteiger charge is 2.51. The maximum absolute atomic E-state index is 12.4. The number of aromatic nitrogens is 2. The van der Waals surface area contributed by atoms with Crippen LogP contribution in [0.1, 0.15) is 62.6 Å². The van der Waals surface area contributed by atoms with Crippen molar-refractivity contribution in [1.82, 2.24) is 25.3 Å². The van der Waals surface area contributed by atoms with E-state index in [1.807, 2.05) is 6.20 Å². The summed E-state index contributed by atoms with van der Waals surface area (Å²) in [6.07, 6.45) is 7.47. The number of nitrogens with one attached hydrogen (secondary N) is 2. The van der Waals surface area contributed by atoms with Crippen LogP contribution in [0.2, 0.25) is 0 Å². The van der Waals surface area contributed by atoms with Crippen molar-refractivity contribution in [3.8, 4) is 0 Å². The van der Waals surface area contributed by atoms with Gasteiger partial charge in [-0.1, -0.05) is 13.3 Å². The number of likely N-dealkylation sites (N-methyl/N-ethyl adjacent to an activating group) is 1. The van der Waals surface area contributed by atoms with E-state index in [4.69, 9.17) is 0 Å². The van der Waals surface area contributed by atoms with Crippen LogP contribution in [0.3, 0.4) is 0 Å². The van der Waals surface area contributed by atoms with Gasteiger partial charge in [0.15, 0.2) is 0 Å². The summed E-state index contributed by atoms with van der Waals surface area (Å²) in [5.41, 5.74) is 1.77. The zero-order chi connectivity index (χ0) is 18.0. The SMILES string of the molecule is CCCCN(C)Cc1cn[nH]c1C1CCC2(CC1)NC(=O)N(C)C2=O.